The Kier molecular flexibility index (Phi) is 2.30. The molecule has 1 fully saturated rings. The highest BCUT2D eigenvalue weighted by molar-refractivity contribution is 9.10. The Hall–Kier alpha value is -0.920. The molecule has 1 aliphatic carbocycles. The van der Waals surface area contributed by atoms with Crippen molar-refractivity contribution in [2.24, 2.45) is 4.99 Å². The molecule has 2 rings (SSSR count). The van der Waals surface area contributed by atoms with Gasteiger partial charge in [0.15, 0.2) is 0 Å². The Morgan fingerprint density at radius 2 is 2.08 bits per heavy atom. The molecule has 0 spiro atoms. The molecule has 13 heavy (non-hydrogen) atoms. The van der Waals surface area contributed by atoms with E-state index in [4.69, 9.17) is 0 Å². The van der Waals surface area contributed by atoms with E-state index in [0.717, 1.165) is 10.9 Å². The van der Waals surface area contributed by atoms with Gasteiger partial charge in [0, 0.05) is 10.4 Å². The van der Waals surface area contributed by atoms with E-state index in [0.29, 0.717) is 5.92 Å². The molecule has 1 saturated carbocycles. The number of rotatable bonds is 2. The first-order chi connectivity index (χ1) is 6.31. The maximum atomic E-state index is 9.99. The fourth-order valence-corrected chi connectivity index (χ4v) is 1.72. The van der Waals surface area contributed by atoms with Gasteiger partial charge < -0.3 is 0 Å². The zero-order valence-electron chi connectivity index (χ0n) is 6.90. The van der Waals surface area contributed by atoms with Gasteiger partial charge in [-0.05, 0) is 24.1 Å². The quantitative estimate of drug-likeness (QED) is 0.575. The van der Waals surface area contributed by atoms with E-state index in [1.165, 1.54) is 5.56 Å². The van der Waals surface area contributed by atoms with Crippen LogP contribution in [0, 0.1) is 0 Å². The molecule has 3 heteroatoms. The molecule has 0 amide bonds. The SMILES string of the molecule is O=C=NC1CC1c1ccc(Br)cc1. The summed E-state index contributed by atoms with van der Waals surface area (Å²) in [5.41, 5.74) is 1.26. The van der Waals surface area contributed by atoms with Crippen molar-refractivity contribution >= 4 is 22.0 Å². The normalized spacial score (nSPS) is 25.0. The van der Waals surface area contributed by atoms with Crippen LogP contribution in [0.1, 0.15) is 17.9 Å². The Bertz CT molecular complexity index is 354. The van der Waals surface area contributed by atoms with Gasteiger partial charge in [0.1, 0.15) is 0 Å². The van der Waals surface area contributed by atoms with Crippen LogP contribution in [0.4, 0.5) is 0 Å². The molecule has 0 aliphatic heterocycles. The summed E-state index contributed by atoms with van der Waals surface area (Å²) >= 11 is 3.38. The largest absolute Gasteiger partial charge is 0.235 e. The fourth-order valence-electron chi connectivity index (χ4n) is 1.46. The molecule has 0 aromatic heterocycles. The molecular weight excluding hydrogens is 230 g/mol. The van der Waals surface area contributed by atoms with Crippen molar-refractivity contribution in [2.75, 3.05) is 0 Å². The third kappa shape index (κ3) is 1.87. The van der Waals surface area contributed by atoms with Gasteiger partial charge in [-0.15, -0.1) is 0 Å². The molecule has 0 saturated heterocycles. The number of hydrogen-bond donors (Lipinski definition) is 0. The molecule has 1 aromatic rings. The van der Waals surface area contributed by atoms with Crippen molar-refractivity contribution < 1.29 is 4.79 Å². The number of halogens is 1. The van der Waals surface area contributed by atoms with Crippen molar-refractivity contribution in [3.8, 4) is 0 Å². The molecular formula is C10H8BrNO. The standard InChI is InChI=1S/C10H8BrNO/c11-8-3-1-7(2-4-8)9-5-10(9)12-6-13/h1-4,9-10H,5H2. The number of aliphatic imine (C=N–C) groups is 1. The highest BCUT2D eigenvalue weighted by Crippen LogP contribution is 2.43. The molecule has 2 unspecified atom stereocenters. The summed E-state index contributed by atoms with van der Waals surface area (Å²) in [6.07, 6.45) is 2.59. The van der Waals surface area contributed by atoms with E-state index in [9.17, 15) is 4.79 Å². The first-order valence-corrected chi connectivity index (χ1v) is 4.93. The maximum Gasteiger partial charge on any atom is 0.235 e. The number of benzene rings is 1. The molecule has 1 aromatic carbocycles. The first-order valence-electron chi connectivity index (χ1n) is 4.13. The lowest BCUT2D eigenvalue weighted by molar-refractivity contribution is 0.562. The van der Waals surface area contributed by atoms with Gasteiger partial charge in [0.2, 0.25) is 6.08 Å². The van der Waals surface area contributed by atoms with Crippen LogP contribution in [0.2, 0.25) is 0 Å². The molecule has 0 bridgehead atoms. The van der Waals surface area contributed by atoms with Crippen molar-refractivity contribution in [2.45, 2.75) is 18.4 Å². The molecule has 0 heterocycles. The maximum absolute atomic E-state index is 9.99. The summed E-state index contributed by atoms with van der Waals surface area (Å²) in [5, 5.41) is 0. The van der Waals surface area contributed by atoms with E-state index in [1.54, 1.807) is 6.08 Å². The third-order valence-electron chi connectivity index (χ3n) is 2.27. The van der Waals surface area contributed by atoms with Crippen LogP contribution in [-0.2, 0) is 4.79 Å². The lowest BCUT2D eigenvalue weighted by Gasteiger charge is -1.96. The van der Waals surface area contributed by atoms with Crippen LogP contribution in [-0.4, -0.2) is 12.1 Å². The van der Waals surface area contributed by atoms with Crippen LogP contribution >= 0.6 is 15.9 Å². The third-order valence-corrected chi connectivity index (χ3v) is 2.80. The van der Waals surface area contributed by atoms with Crippen molar-refractivity contribution in [3.63, 3.8) is 0 Å². The van der Waals surface area contributed by atoms with Crippen LogP contribution in [0.25, 0.3) is 0 Å². The minimum Gasteiger partial charge on any atom is -0.211 e. The minimum atomic E-state index is 0.179. The monoisotopic (exact) mass is 237 g/mol. The first kappa shape index (κ1) is 8.67. The van der Waals surface area contributed by atoms with Gasteiger partial charge >= 0.3 is 0 Å². The molecule has 0 N–H and O–H groups in total. The van der Waals surface area contributed by atoms with Gasteiger partial charge in [-0.25, -0.2) is 9.79 Å². The predicted octanol–water partition coefficient (Wildman–Crippen LogP) is 2.64. The lowest BCUT2D eigenvalue weighted by atomic mass is 10.1. The second-order valence-corrected chi connectivity index (χ2v) is 4.10. The number of hydrogen-bond acceptors (Lipinski definition) is 2. The highest BCUT2D eigenvalue weighted by atomic mass is 79.9. The molecule has 2 atom stereocenters. The average Bonchev–Trinajstić information content (AvgIpc) is 2.86. The summed E-state index contributed by atoms with van der Waals surface area (Å²) in [6, 6.07) is 8.33. The van der Waals surface area contributed by atoms with Gasteiger partial charge in [0.25, 0.3) is 0 Å². The zero-order chi connectivity index (χ0) is 9.26. The van der Waals surface area contributed by atoms with Gasteiger partial charge in [-0.3, -0.25) is 0 Å². The van der Waals surface area contributed by atoms with Gasteiger partial charge in [-0.1, -0.05) is 28.1 Å². The number of isocyanates is 1. The van der Waals surface area contributed by atoms with E-state index < -0.39 is 0 Å². The second kappa shape index (κ2) is 3.44. The molecule has 2 nitrogen and oxygen atoms in total. The number of carbonyl (C=O) groups excluding carboxylic acids is 1. The van der Waals surface area contributed by atoms with E-state index >= 15 is 0 Å². The van der Waals surface area contributed by atoms with Crippen molar-refractivity contribution in [3.05, 3.63) is 34.3 Å². The topological polar surface area (TPSA) is 29.4 Å². The average molecular weight is 238 g/mol. The molecule has 0 radical (unpaired) electrons. The van der Waals surface area contributed by atoms with Gasteiger partial charge in [-0.2, -0.15) is 0 Å². The summed E-state index contributed by atoms with van der Waals surface area (Å²) in [4.78, 5) is 13.7. The van der Waals surface area contributed by atoms with Crippen LogP contribution < -0.4 is 0 Å². The van der Waals surface area contributed by atoms with Crippen LogP contribution in [0.3, 0.4) is 0 Å². The van der Waals surface area contributed by atoms with Crippen molar-refractivity contribution in [1.82, 2.24) is 0 Å². The second-order valence-electron chi connectivity index (χ2n) is 3.18. The highest BCUT2D eigenvalue weighted by Gasteiger charge is 2.38. The number of nitrogens with zero attached hydrogens (tertiary/aromatic N) is 1. The summed E-state index contributed by atoms with van der Waals surface area (Å²) in [5.74, 6) is 0.439. The zero-order valence-corrected chi connectivity index (χ0v) is 8.49. The molecule has 1 aliphatic rings. The fraction of sp³-hybridized carbons (Fsp3) is 0.300. The summed E-state index contributed by atoms with van der Waals surface area (Å²) < 4.78 is 1.08. The van der Waals surface area contributed by atoms with E-state index in [1.807, 2.05) is 12.1 Å². The Morgan fingerprint density at radius 3 is 2.69 bits per heavy atom. The molecule has 66 valence electrons. The Morgan fingerprint density at radius 1 is 1.38 bits per heavy atom. The summed E-state index contributed by atoms with van der Waals surface area (Å²) in [6.45, 7) is 0. The smallest absolute Gasteiger partial charge is 0.211 e. The van der Waals surface area contributed by atoms with E-state index in [-0.39, 0.29) is 6.04 Å². The Labute approximate surface area is 84.8 Å². The minimum absolute atomic E-state index is 0.179. The van der Waals surface area contributed by atoms with Gasteiger partial charge in [0.05, 0.1) is 6.04 Å². The van der Waals surface area contributed by atoms with E-state index in [2.05, 4.69) is 33.1 Å². The van der Waals surface area contributed by atoms with Crippen LogP contribution in [0.5, 0.6) is 0 Å². The van der Waals surface area contributed by atoms with Crippen molar-refractivity contribution in [1.29, 1.82) is 0 Å². The predicted molar refractivity (Wildman–Crippen MR) is 53.4 cm³/mol. The Balaban J connectivity index is 2.12. The summed E-state index contributed by atoms with van der Waals surface area (Å²) in [7, 11) is 0. The lowest BCUT2D eigenvalue weighted by Crippen LogP contribution is -1.83. The van der Waals surface area contributed by atoms with Crippen LogP contribution in [0.15, 0.2) is 33.7 Å².